The van der Waals surface area contributed by atoms with Crippen molar-refractivity contribution in [3.63, 3.8) is 0 Å². The second-order valence-corrected chi connectivity index (χ2v) is 6.93. The van der Waals surface area contributed by atoms with Crippen LogP contribution in [-0.2, 0) is 0 Å². The Morgan fingerprint density at radius 3 is 2.80 bits per heavy atom. The summed E-state index contributed by atoms with van der Waals surface area (Å²) in [7, 11) is 1.29. The van der Waals surface area contributed by atoms with Gasteiger partial charge in [0.05, 0.1) is 35.4 Å². The minimum Gasteiger partial charge on any atom is -0.504 e. The van der Waals surface area contributed by atoms with E-state index in [1.807, 2.05) is 24.3 Å². The number of nitrogens with zero attached hydrogens (tertiary/aromatic N) is 3. The molecule has 2 aromatic carbocycles. The molecule has 9 heteroatoms. The van der Waals surface area contributed by atoms with Gasteiger partial charge in [0.2, 0.25) is 0 Å². The molecule has 3 aromatic rings. The third-order valence-electron chi connectivity index (χ3n) is 4.87. The number of phenolic OH excluding ortho intramolecular Hbond substituents is 1. The fourth-order valence-corrected chi connectivity index (χ4v) is 3.17. The summed E-state index contributed by atoms with van der Waals surface area (Å²) < 4.78 is 4.95. The molecule has 9 nitrogen and oxygen atoms in total. The molecule has 1 aromatic heterocycles. The number of para-hydroxylation sites is 1. The average Bonchev–Trinajstić information content (AvgIpc) is 3.59. The summed E-state index contributed by atoms with van der Waals surface area (Å²) in [5, 5.41) is 25.8. The number of carbonyl (C=O) groups excluding carboxylic acids is 1. The number of hydrazone groups is 1. The van der Waals surface area contributed by atoms with Gasteiger partial charge in [-0.25, -0.2) is 5.43 Å². The molecule has 1 aliphatic rings. The van der Waals surface area contributed by atoms with Crippen molar-refractivity contribution in [2.75, 3.05) is 7.11 Å². The number of hydrogen-bond acceptors (Lipinski definition) is 7. The number of pyridine rings is 1. The van der Waals surface area contributed by atoms with E-state index in [1.54, 1.807) is 6.07 Å². The van der Waals surface area contributed by atoms with Crippen molar-refractivity contribution in [1.82, 2.24) is 10.4 Å². The lowest BCUT2D eigenvalue weighted by atomic mass is 10.1. The Morgan fingerprint density at radius 2 is 2.10 bits per heavy atom. The van der Waals surface area contributed by atoms with Gasteiger partial charge in [0.25, 0.3) is 11.6 Å². The number of rotatable bonds is 6. The van der Waals surface area contributed by atoms with Crippen molar-refractivity contribution in [3.8, 4) is 11.5 Å². The molecule has 0 atom stereocenters. The van der Waals surface area contributed by atoms with Crippen molar-refractivity contribution in [2.45, 2.75) is 18.8 Å². The number of fused-ring (bicyclic) bond motifs is 1. The predicted molar refractivity (Wildman–Crippen MR) is 110 cm³/mol. The summed E-state index contributed by atoms with van der Waals surface area (Å²) in [4.78, 5) is 27.9. The third kappa shape index (κ3) is 3.77. The summed E-state index contributed by atoms with van der Waals surface area (Å²) in [5.41, 5.74) is 4.25. The van der Waals surface area contributed by atoms with E-state index in [1.165, 1.54) is 7.11 Å². The zero-order valence-corrected chi connectivity index (χ0v) is 16.0. The second kappa shape index (κ2) is 7.78. The maximum Gasteiger partial charge on any atom is 0.274 e. The molecule has 1 fully saturated rings. The van der Waals surface area contributed by atoms with Crippen molar-refractivity contribution in [1.29, 1.82) is 0 Å². The molecular formula is C21H18N4O5. The standard InChI is InChI=1S/C21H18N4O5/c1-30-19-9-14(25(28)29)8-13(20(19)26)11-22-24-21(27)16-10-18(12-6-7-12)23-17-5-3-2-4-15(16)17/h2-5,8-12,26H,6-7H2,1H3,(H,24,27)/b22-11+. The van der Waals surface area contributed by atoms with Crippen molar-refractivity contribution in [2.24, 2.45) is 5.10 Å². The van der Waals surface area contributed by atoms with E-state index >= 15 is 0 Å². The number of aromatic hydroxyl groups is 1. The van der Waals surface area contributed by atoms with Gasteiger partial charge in [-0.1, -0.05) is 18.2 Å². The maximum atomic E-state index is 12.8. The van der Waals surface area contributed by atoms with Gasteiger partial charge in [-0.3, -0.25) is 19.9 Å². The van der Waals surface area contributed by atoms with Gasteiger partial charge < -0.3 is 9.84 Å². The first-order chi connectivity index (χ1) is 14.5. The maximum absolute atomic E-state index is 12.8. The smallest absolute Gasteiger partial charge is 0.274 e. The highest BCUT2D eigenvalue weighted by molar-refractivity contribution is 6.06. The first-order valence-corrected chi connectivity index (χ1v) is 9.26. The highest BCUT2D eigenvalue weighted by Gasteiger charge is 2.27. The summed E-state index contributed by atoms with van der Waals surface area (Å²) in [6.07, 6.45) is 3.24. The molecule has 1 heterocycles. The number of hydrogen-bond donors (Lipinski definition) is 2. The Labute approximate surface area is 171 Å². The Bertz CT molecular complexity index is 1190. The van der Waals surface area contributed by atoms with E-state index < -0.39 is 10.8 Å². The van der Waals surface area contributed by atoms with Crippen LogP contribution in [0.3, 0.4) is 0 Å². The molecule has 0 saturated heterocycles. The number of nitrogens with one attached hydrogen (secondary N) is 1. The molecule has 0 spiro atoms. The molecular weight excluding hydrogens is 388 g/mol. The number of aromatic nitrogens is 1. The molecule has 2 N–H and O–H groups in total. The Kier molecular flexibility index (Phi) is 5.01. The highest BCUT2D eigenvalue weighted by atomic mass is 16.6. The minimum atomic E-state index is -0.611. The number of methoxy groups -OCH3 is 1. The van der Waals surface area contributed by atoms with Gasteiger partial charge in [-0.05, 0) is 25.0 Å². The number of ether oxygens (including phenoxy) is 1. The molecule has 30 heavy (non-hydrogen) atoms. The van der Waals surface area contributed by atoms with Crippen LogP contribution in [0.2, 0.25) is 0 Å². The van der Waals surface area contributed by atoms with Gasteiger partial charge in [0.15, 0.2) is 11.5 Å². The van der Waals surface area contributed by atoms with E-state index in [2.05, 4.69) is 15.5 Å². The van der Waals surface area contributed by atoms with Crippen LogP contribution in [0.5, 0.6) is 11.5 Å². The number of benzene rings is 2. The van der Waals surface area contributed by atoms with Crippen molar-refractivity contribution in [3.05, 3.63) is 69.4 Å². The monoisotopic (exact) mass is 406 g/mol. The molecule has 152 valence electrons. The van der Waals surface area contributed by atoms with Crippen LogP contribution in [0, 0.1) is 10.1 Å². The topological polar surface area (TPSA) is 127 Å². The van der Waals surface area contributed by atoms with Crippen LogP contribution < -0.4 is 10.2 Å². The van der Waals surface area contributed by atoms with Crippen LogP contribution in [-0.4, -0.2) is 34.2 Å². The van der Waals surface area contributed by atoms with Crippen molar-refractivity contribution < 1.29 is 19.6 Å². The second-order valence-electron chi connectivity index (χ2n) is 6.93. The molecule has 0 unspecified atom stereocenters. The van der Waals surface area contributed by atoms with Crippen LogP contribution in [0.15, 0.2) is 47.6 Å². The molecule has 1 saturated carbocycles. The summed E-state index contributed by atoms with van der Waals surface area (Å²) in [6.45, 7) is 0. The van der Waals surface area contributed by atoms with E-state index in [9.17, 15) is 20.0 Å². The van der Waals surface area contributed by atoms with Gasteiger partial charge in [-0.2, -0.15) is 5.10 Å². The fourth-order valence-electron chi connectivity index (χ4n) is 3.17. The molecule has 1 amide bonds. The predicted octanol–water partition coefficient (Wildman–Crippen LogP) is 3.50. The van der Waals surface area contributed by atoms with Crippen LogP contribution >= 0.6 is 0 Å². The minimum absolute atomic E-state index is 0.0413. The number of nitro benzene ring substituents is 1. The summed E-state index contributed by atoms with van der Waals surface area (Å²) in [5.74, 6) is -0.444. The first kappa shape index (κ1) is 19.3. The quantitative estimate of drug-likeness (QED) is 0.366. The highest BCUT2D eigenvalue weighted by Crippen LogP contribution is 2.40. The molecule has 4 rings (SSSR count). The Balaban J connectivity index is 1.62. The largest absolute Gasteiger partial charge is 0.504 e. The lowest BCUT2D eigenvalue weighted by Gasteiger charge is -2.08. The SMILES string of the molecule is COc1cc([N+](=O)[O-])cc(/C=N/NC(=O)c2cc(C3CC3)nc3ccccc23)c1O. The first-order valence-electron chi connectivity index (χ1n) is 9.26. The summed E-state index contributed by atoms with van der Waals surface area (Å²) in [6, 6.07) is 11.4. The number of nitro groups is 1. The van der Waals surface area contributed by atoms with Crippen molar-refractivity contribution >= 4 is 28.7 Å². The number of amides is 1. The fraction of sp³-hybridized carbons (Fsp3) is 0.190. The van der Waals surface area contributed by atoms with E-state index in [-0.39, 0.29) is 22.7 Å². The van der Waals surface area contributed by atoms with Gasteiger partial charge in [-0.15, -0.1) is 0 Å². The average molecular weight is 406 g/mol. The zero-order valence-electron chi connectivity index (χ0n) is 16.0. The summed E-state index contributed by atoms with van der Waals surface area (Å²) >= 11 is 0. The molecule has 1 aliphatic carbocycles. The van der Waals surface area contributed by atoms with Crippen LogP contribution in [0.25, 0.3) is 10.9 Å². The van der Waals surface area contributed by atoms with Crippen LogP contribution in [0.4, 0.5) is 5.69 Å². The number of phenols is 1. The molecule has 0 radical (unpaired) electrons. The lowest BCUT2D eigenvalue weighted by Crippen LogP contribution is -2.18. The van der Waals surface area contributed by atoms with E-state index in [0.717, 1.165) is 42.4 Å². The van der Waals surface area contributed by atoms with Gasteiger partial charge >= 0.3 is 0 Å². The Hall–Kier alpha value is -4.01. The van der Waals surface area contributed by atoms with Gasteiger partial charge in [0, 0.05) is 28.6 Å². The van der Waals surface area contributed by atoms with E-state index in [4.69, 9.17) is 4.74 Å². The molecule has 0 bridgehead atoms. The zero-order chi connectivity index (χ0) is 21.3. The normalized spacial score (nSPS) is 13.5. The van der Waals surface area contributed by atoms with Gasteiger partial charge in [0.1, 0.15) is 0 Å². The Morgan fingerprint density at radius 1 is 1.33 bits per heavy atom. The number of carbonyl (C=O) groups is 1. The van der Waals surface area contributed by atoms with E-state index in [0.29, 0.717) is 16.9 Å². The molecule has 0 aliphatic heterocycles. The van der Waals surface area contributed by atoms with Crippen LogP contribution in [0.1, 0.15) is 40.4 Å². The lowest BCUT2D eigenvalue weighted by molar-refractivity contribution is -0.385. The number of non-ortho nitro benzene ring substituents is 1. The third-order valence-corrected chi connectivity index (χ3v) is 4.87.